The highest BCUT2D eigenvalue weighted by atomic mass is 32.1. The third kappa shape index (κ3) is 2.92. The second-order valence-corrected chi connectivity index (χ2v) is 5.01. The van der Waals surface area contributed by atoms with Crippen molar-refractivity contribution in [3.63, 3.8) is 0 Å². The number of aryl methyl sites for hydroxylation is 4. The third-order valence-corrected chi connectivity index (χ3v) is 3.73. The monoisotopic (exact) mass is 231 g/mol. The van der Waals surface area contributed by atoms with Crippen molar-refractivity contribution in [2.45, 2.75) is 33.1 Å². The molecular weight excluding hydrogens is 214 g/mol. The Morgan fingerprint density at radius 2 is 1.88 bits per heavy atom. The molecule has 2 heteroatoms. The number of benzene rings is 1. The molecule has 84 valence electrons. The Morgan fingerprint density at radius 1 is 1.12 bits per heavy atom. The molecule has 0 spiro atoms. The molecule has 1 heterocycles. The molecule has 16 heavy (non-hydrogen) atoms. The van der Waals surface area contributed by atoms with Crippen LogP contribution in [0.15, 0.2) is 29.6 Å². The first-order valence-electron chi connectivity index (χ1n) is 5.76. The fraction of sp³-hybridized carbons (Fsp3) is 0.357. The van der Waals surface area contributed by atoms with Gasteiger partial charge in [0.1, 0.15) is 0 Å². The van der Waals surface area contributed by atoms with Crippen LogP contribution >= 0.6 is 11.3 Å². The van der Waals surface area contributed by atoms with Crippen LogP contribution in [0.25, 0.3) is 0 Å². The summed E-state index contributed by atoms with van der Waals surface area (Å²) in [5, 5.41) is 3.44. The van der Waals surface area contributed by atoms with Gasteiger partial charge in [0.25, 0.3) is 0 Å². The lowest BCUT2D eigenvalue weighted by Crippen LogP contribution is -1.92. The van der Waals surface area contributed by atoms with Crippen LogP contribution in [0.4, 0.5) is 0 Å². The summed E-state index contributed by atoms with van der Waals surface area (Å²) >= 11 is 1.78. The van der Waals surface area contributed by atoms with E-state index in [-0.39, 0.29) is 0 Å². The highest BCUT2D eigenvalue weighted by Crippen LogP contribution is 2.13. The summed E-state index contributed by atoms with van der Waals surface area (Å²) in [7, 11) is 0. The minimum atomic E-state index is 1.05. The predicted octanol–water partition coefficient (Wildman–Crippen LogP) is 3.80. The molecule has 0 aliphatic rings. The molecule has 1 aromatic heterocycles. The topological polar surface area (TPSA) is 12.9 Å². The van der Waals surface area contributed by atoms with Crippen molar-refractivity contribution in [2.75, 3.05) is 0 Å². The maximum atomic E-state index is 4.58. The number of hydrogen-bond donors (Lipinski definition) is 0. The predicted molar refractivity (Wildman–Crippen MR) is 70.1 cm³/mol. The second-order valence-electron chi connectivity index (χ2n) is 4.07. The van der Waals surface area contributed by atoms with E-state index >= 15 is 0 Å². The Kier molecular flexibility index (Phi) is 3.73. The van der Waals surface area contributed by atoms with E-state index in [1.807, 2.05) is 0 Å². The Hall–Kier alpha value is -1.15. The first-order chi connectivity index (χ1) is 7.78. The lowest BCUT2D eigenvalue weighted by molar-refractivity contribution is 0.909. The highest BCUT2D eigenvalue weighted by Gasteiger charge is 2.00. The van der Waals surface area contributed by atoms with Crippen molar-refractivity contribution in [1.82, 2.24) is 4.98 Å². The van der Waals surface area contributed by atoms with Crippen LogP contribution in [-0.2, 0) is 19.3 Å². The molecule has 0 N–H and O–H groups in total. The minimum Gasteiger partial charge on any atom is -0.246 e. The largest absolute Gasteiger partial charge is 0.246 e. The summed E-state index contributed by atoms with van der Waals surface area (Å²) in [5.74, 6) is 0. The van der Waals surface area contributed by atoms with E-state index in [1.165, 1.54) is 21.8 Å². The summed E-state index contributed by atoms with van der Waals surface area (Å²) < 4.78 is 0. The Bertz CT molecular complexity index is 442. The van der Waals surface area contributed by atoms with Gasteiger partial charge in [0.15, 0.2) is 0 Å². The minimum absolute atomic E-state index is 1.05. The van der Waals surface area contributed by atoms with Crippen LogP contribution in [0, 0.1) is 6.92 Å². The fourth-order valence-corrected chi connectivity index (χ4v) is 2.43. The molecule has 1 nitrogen and oxygen atoms in total. The third-order valence-electron chi connectivity index (χ3n) is 2.69. The standard InChI is InChI=1S/C14H17NS/c1-3-14-15-13(10-16-14)9-8-12-6-4-11(2)5-7-12/h4-7,10H,3,8-9H2,1-2H3. The van der Waals surface area contributed by atoms with E-state index in [9.17, 15) is 0 Å². The van der Waals surface area contributed by atoms with Gasteiger partial charge in [-0.2, -0.15) is 0 Å². The summed E-state index contributed by atoms with van der Waals surface area (Å²) in [4.78, 5) is 4.58. The quantitative estimate of drug-likeness (QED) is 0.780. The lowest BCUT2D eigenvalue weighted by Gasteiger charge is -2.00. The molecule has 0 saturated carbocycles. The van der Waals surface area contributed by atoms with Gasteiger partial charge in [-0.3, -0.25) is 0 Å². The Morgan fingerprint density at radius 3 is 2.50 bits per heavy atom. The van der Waals surface area contributed by atoms with Gasteiger partial charge in [-0.15, -0.1) is 11.3 Å². The van der Waals surface area contributed by atoms with Gasteiger partial charge >= 0.3 is 0 Å². The summed E-state index contributed by atoms with van der Waals surface area (Å²) in [6.45, 7) is 4.28. The zero-order chi connectivity index (χ0) is 11.4. The molecule has 0 aliphatic carbocycles. The smallest absolute Gasteiger partial charge is 0.0925 e. The fourth-order valence-electron chi connectivity index (χ4n) is 1.65. The number of thiazole rings is 1. The number of nitrogens with zero attached hydrogens (tertiary/aromatic N) is 1. The van der Waals surface area contributed by atoms with Crippen LogP contribution in [0.2, 0.25) is 0 Å². The molecular formula is C14H17NS. The molecule has 2 aromatic rings. The molecule has 0 bridgehead atoms. The van der Waals surface area contributed by atoms with Crippen LogP contribution in [-0.4, -0.2) is 4.98 Å². The lowest BCUT2D eigenvalue weighted by atomic mass is 10.1. The molecule has 0 unspecified atom stereocenters. The second kappa shape index (κ2) is 5.26. The Balaban J connectivity index is 1.94. The summed E-state index contributed by atoms with van der Waals surface area (Å²) in [5.41, 5.74) is 3.96. The van der Waals surface area contributed by atoms with E-state index in [1.54, 1.807) is 11.3 Å². The van der Waals surface area contributed by atoms with E-state index in [2.05, 4.69) is 48.5 Å². The van der Waals surface area contributed by atoms with Crippen molar-refractivity contribution in [1.29, 1.82) is 0 Å². The number of hydrogen-bond acceptors (Lipinski definition) is 2. The Labute approximate surface area is 101 Å². The van der Waals surface area contributed by atoms with E-state index in [0.717, 1.165) is 19.3 Å². The molecule has 0 aliphatic heterocycles. The van der Waals surface area contributed by atoms with E-state index in [4.69, 9.17) is 0 Å². The van der Waals surface area contributed by atoms with Gasteiger partial charge in [0, 0.05) is 5.38 Å². The van der Waals surface area contributed by atoms with Crippen LogP contribution in [0.1, 0.15) is 28.8 Å². The van der Waals surface area contributed by atoms with Crippen LogP contribution in [0.5, 0.6) is 0 Å². The first-order valence-corrected chi connectivity index (χ1v) is 6.64. The normalized spacial score (nSPS) is 10.6. The van der Waals surface area contributed by atoms with Gasteiger partial charge in [0.2, 0.25) is 0 Å². The molecule has 2 rings (SSSR count). The van der Waals surface area contributed by atoms with Crippen LogP contribution < -0.4 is 0 Å². The van der Waals surface area contributed by atoms with Crippen molar-refractivity contribution >= 4 is 11.3 Å². The van der Waals surface area contributed by atoms with Crippen molar-refractivity contribution in [3.05, 3.63) is 51.5 Å². The molecule has 0 atom stereocenters. The van der Waals surface area contributed by atoms with Gasteiger partial charge in [-0.1, -0.05) is 36.8 Å². The van der Waals surface area contributed by atoms with E-state index < -0.39 is 0 Å². The number of aromatic nitrogens is 1. The van der Waals surface area contributed by atoms with E-state index in [0.29, 0.717) is 0 Å². The van der Waals surface area contributed by atoms with Gasteiger partial charge in [-0.25, -0.2) is 4.98 Å². The highest BCUT2D eigenvalue weighted by molar-refractivity contribution is 7.09. The molecule has 0 fully saturated rings. The molecule has 0 radical (unpaired) electrons. The maximum absolute atomic E-state index is 4.58. The first kappa shape index (κ1) is 11.3. The van der Waals surface area contributed by atoms with Gasteiger partial charge < -0.3 is 0 Å². The zero-order valence-electron chi connectivity index (χ0n) is 9.86. The van der Waals surface area contributed by atoms with Crippen molar-refractivity contribution < 1.29 is 0 Å². The average Bonchev–Trinajstić information content (AvgIpc) is 2.76. The summed E-state index contributed by atoms with van der Waals surface area (Å²) in [6.07, 6.45) is 3.20. The van der Waals surface area contributed by atoms with Crippen molar-refractivity contribution in [3.8, 4) is 0 Å². The molecule has 0 amide bonds. The van der Waals surface area contributed by atoms with Crippen LogP contribution in [0.3, 0.4) is 0 Å². The number of rotatable bonds is 4. The van der Waals surface area contributed by atoms with Gasteiger partial charge in [-0.05, 0) is 31.7 Å². The maximum Gasteiger partial charge on any atom is 0.0925 e. The van der Waals surface area contributed by atoms with Gasteiger partial charge in [0.05, 0.1) is 10.7 Å². The zero-order valence-corrected chi connectivity index (χ0v) is 10.7. The molecule has 1 aromatic carbocycles. The average molecular weight is 231 g/mol. The van der Waals surface area contributed by atoms with Crippen molar-refractivity contribution in [2.24, 2.45) is 0 Å². The summed E-state index contributed by atoms with van der Waals surface area (Å²) in [6, 6.07) is 8.77. The molecule has 0 saturated heterocycles. The SMILES string of the molecule is CCc1nc(CCc2ccc(C)cc2)cs1.